The predicted octanol–water partition coefficient (Wildman–Crippen LogP) is 4.77. The van der Waals surface area contributed by atoms with E-state index >= 15 is 0 Å². The molecule has 0 bridgehead atoms. The van der Waals surface area contributed by atoms with Crippen molar-refractivity contribution in [2.75, 3.05) is 36.4 Å². The fourth-order valence-corrected chi connectivity index (χ4v) is 4.44. The summed E-state index contributed by atoms with van der Waals surface area (Å²) < 4.78 is 13.3. The Kier molecular flexibility index (Phi) is 8.73. The van der Waals surface area contributed by atoms with E-state index in [2.05, 4.69) is 15.5 Å². The zero-order valence-corrected chi connectivity index (χ0v) is 21.8. The van der Waals surface area contributed by atoms with Crippen molar-refractivity contribution in [1.29, 1.82) is 0 Å². The highest BCUT2D eigenvalue weighted by Gasteiger charge is 2.23. The van der Waals surface area contributed by atoms with Crippen LogP contribution in [0.4, 0.5) is 15.8 Å². The highest BCUT2D eigenvalue weighted by atomic mass is 19.1. The average Bonchev–Trinajstić information content (AvgIpc) is 3.19. The Labute approximate surface area is 222 Å². The van der Waals surface area contributed by atoms with E-state index in [0.29, 0.717) is 49.4 Å². The number of hydrogen-bond donors (Lipinski definition) is 2. The third kappa shape index (κ3) is 6.76. The van der Waals surface area contributed by atoms with E-state index in [0.717, 1.165) is 23.2 Å². The van der Waals surface area contributed by atoms with Crippen LogP contribution in [0, 0.1) is 12.7 Å². The summed E-state index contributed by atoms with van der Waals surface area (Å²) in [5.74, 6) is -0.774. The van der Waals surface area contributed by atoms with Gasteiger partial charge in [0.25, 0.3) is 11.8 Å². The maximum atomic E-state index is 13.3. The zero-order chi connectivity index (χ0) is 27.1. The minimum atomic E-state index is -0.335. The first-order valence-corrected chi connectivity index (χ1v) is 12.9. The van der Waals surface area contributed by atoms with Gasteiger partial charge in [-0.1, -0.05) is 36.8 Å². The fourth-order valence-electron chi connectivity index (χ4n) is 4.44. The molecule has 3 aromatic rings. The van der Waals surface area contributed by atoms with Gasteiger partial charge in [0, 0.05) is 56.1 Å². The molecule has 0 spiro atoms. The van der Waals surface area contributed by atoms with Gasteiger partial charge in [0.15, 0.2) is 0 Å². The van der Waals surface area contributed by atoms with Crippen molar-refractivity contribution in [1.82, 2.24) is 10.2 Å². The highest BCUT2D eigenvalue weighted by molar-refractivity contribution is 6.02. The molecule has 1 aliphatic heterocycles. The van der Waals surface area contributed by atoms with Gasteiger partial charge >= 0.3 is 0 Å². The lowest BCUT2D eigenvalue weighted by Gasteiger charge is -2.26. The largest absolute Gasteiger partial charge is 0.369 e. The number of nitrogens with zero attached hydrogens (tertiary/aromatic N) is 2. The van der Waals surface area contributed by atoms with Crippen molar-refractivity contribution in [3.63, 3.8) is 0 Å². The van der Waals surface area contributed by atoms with E-state index in [4.69, 9.17) is 0 Å². The molecule has 8 heteroatoms. The van der Waals surface area contributed by atoms with Gasteiger partial charge in [-0.2, -0.15) is 0 Å². The Morgan fingerprint density at radius 2 is 1.63 bits per heavy atom. The molecule has 3 amide bonds. The standard InChI is InChI=1S/C30H33FN4O3/c1-3-28(36)33-25-13-14-27(26(19-25)29(37)32-20-22-7-11-24(31)12-8-22)34-15-4-16-35(18-17-34)30(38)23-9-5-21(2)6-10-23/h5-14,19H,3-4,15-18,20H2,1-2H3,(H,32,37)(H,33,36). The SMILES string of the molecule is CCC(=O)Nc1ccc(N2CCCN(C(=O)c3ccc(C)cc3)CC2)c(C(=O)NCc2ccc(F)cc2)c1. The number of benzene rings is 3. The second kappa shape index (κ2) is 12.4. The molecule has 0 atom stereocenters. The molecule has 0 aromatic heterocycles. The Bertz CT molecular complexity index is 1290. The van der Waals surface area contributed by atoms with E-state index in [9.17, 15) is 18.8 Å². The van der Waals surface area contributed by atoms with Crippen LogP contribution in [-0.4, -0.2) is 48.8 Å². The number of anilines is 2. The monoisotopic (exact) mass is 516 g/mol. The molecule has 0 saturated carbocycles. The Morgan fingerprint density at radius 1 is 0.895 bits per heavy atom. The summed E-state index contributed by atoms with van der Waals surface area (Å²) in [6, 6.07) is 18.9. The molecule has 0 radical (unpaired) electrons. The van der Waals surface area contributed by atoms with Crippen molar-refractivity contribution in [2.24, 2.45) is 0 Å². The summed E-state index contributed by atoms with van der Waals surface area (Å²) in [6.45, 7) is 6.39. The van der Waals surface area contributed by atoms with Crippen LogP contribution >= 0.6 is 0 Å². The maximum absolute atomic E-state index is 13.3. The smallest absolute Gasteiger partial charge is 0.253 e. The summed E-state index contributed by atoms with van der Waals surface area (Å²) in [5.41, 5.74) is 4.25. The van der Waals surface area contributed by atoms with Crippen LogP contribution in [0.2, 0.25) is 0 Å². The highest BCUT2D eigenvalue weighted by Crippen LogP contribution is 2.26. The lowest BCUT2D eigenvalue weighted by Crippen LogP contribution is -2.36. The molecule has 2 N–H and O–H groups in total. The van der Waals surface area contributed by atoms with E-state index in [-0.39, 0.29) is 30.1 Å². The number of aryl methyl sites for hydroxylation is 1. The van der Waals surface area contributed by atoms with Crippen molar-refractivity contribution in [3.8, 4) is 0 Å². The molecular formula is C30H33FN4O3. The summed E-state index contributed by atoms with van der Waals surface area (Å²) in [5, 5.41) is 5.73. The van der Waals surface area contributed by atoms with Gasteiger partial charge in [0.1, 0.15) is 5.82 Å². The molecule has 198 valence electrons. The quantitative estimate of drug-likeness (QED) is 0.474. The van der Waals surface area contributed by atoms with Gasteiger partial charge < -0.3 is 20.4 Å². The molecule has 0 aliphatic carbocycles. The first-order chi connectivity index (χ1) is 18.3. The van der Waals surface area contributed by atoms with Crippen molar-refractivity contribution < 1.29 is 18.8 Å². The Morgan fingerprint density at radius 3 is 2.34 bits per heavy atom. The van der Waals surface area contributed by atoms with Gasteiger partial charge in [0.2, 0.25) is 5.91 Å². The van der Waals surface area contributed by atoms with Crippen LogP contribution < -0.4 is 15.5 Å². The first-order valence-electron chi connectivity index (χ1n) is 12.9. The topological polar surface area (TPSA) is 81.8 Å². The summed E-state index contributed by atoms with van der Waals surface area (Å²) in [4.78, 5) is 42.4. The van der Waals surface area contributed by atoms with Gasteiger partial charge in [-0.05, 0) is 61.4 Å². The van der Waals surface area contributed by atoms with Gasteiger partial charge in [-0.15, -0.1) is 0 Å². The zero-order valence-electron chi connectivity index (χ0n) is 21.8. The van der Waals surface area contributed by atoms with Crippen LogP contribution in [-0.2, 0) is 11.3 Å². The van der Waals surface area contributed by atoms with E-state index in [1.165, 1.54) is 12.1 Å². The number of hydrogen-bond acceptors (Lipinski definition) is 4. The second-order valence-corrected chi connectivity index (χ2v) is 9.44. The van der Waals surface area contributed by atoms with Gasteiger partial charge in [-0.3, -0.25) is 14.4 Å². The molecule has 3 aromatic carbocycles. The molecule has 1 aliphatic rings. The number of carbonyl (C=O) groups is 3. The van der Waals surface area contributed by atoms with Gasteiger partial charge in [-0.25, -0.2) is 4.39 Å². The van der Waals surface area contributed by atoms with Crippen LogP contribution in [0.15, 0.2) is 66.7 Å². The van der Waals surface area contributed by atoms with Crippen LogP contribution in [0.25, 0.3) is 0 Å². The van der Waals surface area contributed by atoms with Gasteiger partial charge in [0.05, 0.1) is 5.56 Å². The molecule has 1 heterocycles. The third-order valence-electron chi connectivity index (χ3n) is 6.63. The number of rotatable bonds is 7. The third-order valence-corrected chi connectivity index (χ3v) is 6.63. The number of carbonyl (C=O) groups excluding carboxylic acids is 3. The number of amides is 3. The van der Waals surface area contributed by atoms with E-state index in [1.807, 2.05) is 42.2 Å². The molecule has 0 unspecified atom stereocenters. The number of halogens is 1. The predicted molar refractivity (Wildman–Crippen MR) is 147 cm³/mol. The van der Waals surface area contributed by atoms with E-state index in [1.54, 1.807) is 31.2 Å². The normalized spacial score (nSPS) is 13.6. The van der Waals surface area contributed by atoms with Crippen molar-refractivity contribution in [3.05, 3.63) is 94.8 Å². The first kappa shape index (κ1) is 26.9. The van der Waals surface area contributed by atoms with Crippen LogP contribution in [0.3, 0.4) is 0 Å². The summed E-state index contributed by atoms with van der Waals surface area (Å²) in [6.07, 6.45) is 1.08. The second-order valence-electron chi connectivity index (χ2n) is 9.44. The van der Waals surface area contributed by atoms with Crippen LogP contribution in [0.5, 0.6) is 0 Å². The molecule has 7 nitrogen and oxygen atoms in total. The lowest BCUT2D eigenvalue weighted by molar-refractivity contribution is -0.115. The van der Waals surface area contributed by atoms with Crippen LogP contribution in [0.1, 0.15) is 51.6 Å². The Hall–Kier alpha value is -4.20. The average molecular weight is 517 g/mol. The molecule has 38 heavy (non-hydrogen) atoms. The summed E-state index contributed by atoms with van der Waals surface area (Å²) in [7, 11) is 0. The minimum Gasteiger partial charge on any atom is -0.369 e. The Balaban J connectivity index is 1.52. The van der Waals surface area contributed by atoms with Crippen molar-refractivity contribution in [2.45, 2.75) is 33.2 Å². The molecule has 1 saturated heterocycles. The molecule has 1 fully saturated rings. The summed E-state index contributed by atoms with van der Waals surface area (Å²) >= 11 is 0. The lowest BCUT2D eigenvalue weighted by atomic mass is 10.1. The maximum Gasteiger partial charge on any atom is 0.253 e. The fraction of sp³-hybridized carbons (Fsp3) is 0.300. The molecular weight excluding hydrogens is 483 g/mol. The van der Waals surface area contributed by atoms with Crippen molar-refractivity contribution >= 4 is 29.1 Å². The minimum absolute atomic E-state index is 0.00161. The number of nitrogens with one attached hydrogen (secondary N) is 2. The molecule has 4 rings (SSSR count). The van der Waals surface area contributed by atoms with E-state index < -0.39 is 0 Å².